The summed E-state index contributed by atoms with van der Waals surface area (Å²) in [5.74, 6) is 0.835. The summed E-state index contributed by atoms with van der Waals surface area (Å²) in [7, 11) is 1.56. The fraction of sp³-hybridized carbons (Fsp3) is 0.174. The van der Waals surface area contributed by atoms with E-state index in [1.807, 2.05) is 43.3 Å². The molecule has 0 saturated heterocycles. The van der Waals surface area contributed by atoms with E-state index in [2.05, 4.69) is 4.98 Å². The molecule has 0 aliphatic rings. The number of halogens is 1. The van der Waals surface area contributed by atoms with E-state index in [-0.39, 0.29) is 12.5 Å². The maximum absolute atomic E-state index is 13.2. The number of rotatable bonds is 7. The van der Waals surface area contributed by atoms with Gasteiger partial charge in [-0.15, -0.1) is 0 Å². The third-order valence-corrected chi connectivity index (χ3v) is 6.24. The van der Waals surface area contributed by atoms with Crippen LogP contribution >= 0.6 is 22.9 Å². The third kappa shape index (κ3) is 4.62. The fourth-order valence-electron chi connectivity index (χ4n) is 3.10. The number of benzene rings is 2. The molecule has 0 saturated carbocycles. The van der Waals surface area contributed by atoms with Crippen LogP contribution in [0.15, 0.2) is 60.9 Å². The zero-order valence-corrected chi connectivity index (χ0v) is 18.6. The molecular formula is C23H20ClN3O3S. The molecule has 0 radical (unpaired) electrons. The van der Waals surface area contributed by atoms with Gasteiger partial charge in [0.05, 0.1) is 28.9 Å². The minimum absolute atomic E-state index is 0.163. The van der Waals surface area contributed by atoms with E-state index >= 15 is 0 Å². The molecule has 2 aromatic heterocycles. The van der Waals surface area contributed by atoms with Crippen LogP contribution in [-0.4, -0.2) is 29.6 Å². The van der Waals surface area contributed by atoms with Crippen molar-refractivity contribution in [3.8, 4) is 11.5 Å². The highest BCUT2D eigenvalue weighted by molar-refractivity contribution is 7.23. The van der Waals surface area contributed by atoms with Crippen molar-refractivity contribution in [2.45, 2.75) is 13.5 Å². The van der Waals surface area contributed by atoms with E-state index in [0.717, 1.165) is 21.3 Å². The summed E-state index contributed by atoms with van der Waals surface area (Å²) in [5, 5.41) is 1.17. The lowest BCUT2D eigenvalue weighted by Crippen LogP contribution is -2.34. The molecule has 2 aromatic carbocycles. The molecule has 31 heavy (non-hydrogen) atoms. The molecule has 0 fully saturated rings. The average Bonchev–Trinajstić information content (AvgIpc) is 3.26. The van der Waals surface area contributed by atoms with Gasteiger partial charge in [0.15, 0.2) is 23.2 Å². The Labute approximate surface area is 189 Å². The largest absolute Gasteiger partial charge is 0.493 e. The molecule has 4 rings (SSSR count). The van der Waals surface area contributed by atoms with Crippen molar-refractivity contribution >= 4 is 44.2 Å². The van der Waals surface area contributed by atoms with Crippen LogP contribution in [0.1, 0.15) is 11.1 Å². The summed E-state index contributed by atoms with van der Waals surface area (Å²) in [6, 6.07) is 14.7. The number of ether oxygens (including phenoxy) is 2. The van der Waals surface area contributed by atoms with Gasteiger partial charge < -0.3 is 9.47 Å². The van der Waals surface area contributed by atoms with Crippen molar-refractivity contribution in [3.05, 3.63) is 77.1 Å². The van der Waals surface area contributed by atoms with Gasteiger partial charge in [0.2, 0.25) is 0 Å². The predicted molar refractivity (Wildman–Crippen MR) is 123 cm³/mol. The molecule has 0 atom stereocenters. The molecule has 4 aromatic rings. The first kappa shape index (κ1) is 21.1. The Hall–Kier alpha value is -3.16. The minimum atomic E-state index is -0.234. The molecule has 0 bridgehead atoms. The number of hydrogen-bond acceptors (Lipinski definition) is 6. The second-order valence-corrected chi connectivity index (χ2v) is 8.20. The Kier molecular flexibility index (Phi) is 6.34. The summed E-state index contributed by atoms with van der Waals surface area (Å²) in [6.07, 6.45) is 3.42. The van der Waals surface area contributed by atoms with E-state index < -0.39 is 0 Å². The zero-order chi connectivity index (χ0) is 21.8. The van der Waals surface area contributed by atoms with Crippen LogP contribution in [0, 0.1) is 6.92 Å². The SMILES string of the molecule is COc1ccccc1OCC(=O)N(Cc1cccnc1)c1nc2c(C)ccc(Cl)c2s1. The highest BCUT2D eigenvalue weighted by Crippen LogP contribution is 2.36. The first-order chi connectivity index (χ1) is 15.1. The van der Waals surface area contributed by atoms with Crippen molar-refractivity contribution in [2.75, 3.05) is 18.6 Å². The molecule has 8 heteroatoms. The fourth-order valence-corrected chi connectivity index (χ4v) is 4.43. The van der Waals surface area contributed by atoms with Crippen LogP contribution < -0.4 is 14.4 Å². The lowest BCUT2D eigenvalue weighted by Gasteiger charge is -2.20. The minimum Gasteiger partial charge on any atom is -0.493 e. The Morgan fingerprint density at radius 2 is 1.94 bits per heavy atom. The van der Waals surface area contributed by atoms with Gasteiger partial charge >= 0.3 is 0 Å². The van der Waals surface area contributed by atoms with Crippen LogP contribution in [0.5, 0.6) is 11.5 Å². The number of amides is 1. The first-order valence-electron chi connectivity index (χ1n) is 9.57. The van der Waals surface area contributed by atoms with E-state index in [9.17, 15) is 4.79 Å². The van der Waals surface area contributed by atoms with E-state index in [1.165, 1.54) is 11.3 Å². The molecule has 0 aliphatic heterocycles. The number of carbonyl (C=O) groups excluding carboxylic acids is 1. The Morgan fingerprint density at radius 3 is 2.65 bits per heavy atom. The van der Waals surface area contributed by atoms with Crippen LogP contribution in [0.3, 0.4) is 0 Å². The highest BCUT2D eigenvalue weighted by Gasteiger charge is 2.22. The molecule has 1 amide bonds. The normalized spacial score (nSPS) is 10.8. The lowest BCUT2D eigenvalue weighted by molar-refractivity contribution is -0.120. The van der Waals surface area contributed by atoms with Crippen molar-refractivity contribution in [1.82, 2.24) is 9.97 Å². The maximum Gasteiger partial charge on any atom is 0.267 e. The highest BCUT2D eigenvalue weighted by atomic mass is 35.5. The van der Waals surface area contributed by atoms with Gasteiger partial charge in [-0.2, -0.15) is 0 Å². The molecule has 6 nitrogen and oxygen atoms in total. The number of fused-ring (bicyclic) bond motifs is 1. The van der Waals surface area contributed by atoms with Crippen LogP contribution in [0.2, 0.25) is 5.02 Å². The molecule has 2 heterocycles. The van der Waals surface area contributed by atoms with E-state index in [0.29, 0.717) is 28.2 Å². The van der Waals surface area contributed by atoms with Gasteiger partial charge in [-0.05, 0) is 42.3 Å². The number of aryl methyl sites for hydroxylation is 1. The molecule has 0 N–H and O–H groups in total. The number of hydrogen-bond donors (Lipinski definition) is 0. The second-order valence-electron chi connectivity index (χ2n) is 6.82. The van der Waals surface area contributed by atoms with Gasteiger partial charge in [0, 0.05) is 12.4 Å². The monoisotopic (exact) mass is 453 g/mol. The summed E-state index contributed by atoms with van der Waals surface area (Å²) in [6.45, 7) is 2.13. The number of thiazole rings is 1. The van der Waals surface area contributed by atoms with Crippen LogP contribution in [0.4, 0.5) is 5.13 Å². The Bertz CT molecular complexity index is 1170. The number of aromatic nitrogens is 2. The van der Waals surface area contributed by atoms with Gasteiger partial charge in [-0.25, -0.2) is 4.98 Å². The summed E-state index contributed by atoms with van der Waals surface area (Å²) in [5.41, 5.74) is 2.68. The lowest BCUT2D eigenvalue weighted by atomic mass is 10.2. The quantitative estimate of drug-likeness (QED) is 0.381. The number of methoxy groups -OCH3 is 1. The predicted octanol–water partition coefficient (Wildman–Crippen LogP) is 5.27. The van der Waals surface area contributed by atoms with Crippen molar-refractivity contribution in [2.24, 2.45) is 0 Å². The Morgan fingerprint density at radius 1 is 1.13 bits per heavy atom. The van der Waals surface area contributed by atoms with Gasteiger partial charge in [0.25, 0.3) is 5.91 Å². The van der Waals surface area contributed by atoms with Crippen molar-refractivity contribution < 1.29 is 14.3 Å². The summed E-state index contributed by atoms with van der Waals surface area (Å²) < 4.78 is 11.9. The number of nitrogens with zero attached hydrogens (tertiary/aromatic N) is 3. The van der Waals surface area contributed by atoms with Gasteiger partial charge in [-0.3, -0.25) is 14.7 Å². The number of anilines is 1. The van der Waals surface area contributed by atoms with Crippen molar-refractivity contribution in [3.63, 3.8) is 0 Å². The molecule has 0 unspecified atom stereocenters. The number of para-hydroxylation sites is 2. The number of carbonyl (C=O) groups is 1. The molecule has 0 aliphatic carbocycles. The Balaban J connectivity index is 1.65. The van der Waals surface area contributed by atoms with E-state index in [4.69, 9.17) is 26.1 Å². The van der Waals surface area contributed by atoms with Crippen molar-refractivity contribution in [1.29, 1.82) is 0 Å². The van der Waals surface area contributed by atoms with Gasteiger partial charge in [-0.1, -0.05) is 47.2 Å². The first-order valence-corrected chi connectivity index (χ1v) is 10.8. The summed E-state index contributed by atoms with van der Waals surface area (Å²) >= 11 is 7.76. The molecule has 158 valence electrons. The van der Waals surface area contributed by atoms with Crippen LogP contribution in [-0.2, 0) is 11.3 Å². The van der Waals surface area contributed by atoms with E-state index in [1.54, 1.807) is 36.5 Å². The topological polar surface area (TPSA) is 64.6 Å². The second kappa shape index (κ2) is 9.32. The average molecular weight is 454 g/mol. The van der Waals surface area contributed by atoms with Crippen LogP contribution in [0.25, 0.3) is 10.2 Å². The third-order valence-electron chi connectivity index (χ3n) is 4.70. The molecule has 0 spiro atoms. The maximum atomic E-state index is 13.2. The smallest absolute Gasteiger partial charge is 0.267 e. The van der Waals surface area contributed by atoms with Gasteiger partial charge in [0.1, 0.15) is 0 Å². The zero-order valence-electron chi connectivity index (χ0n) is 17.0. The molecular weight excluding hydrogens is 434 g/mol. The summed E-state index contributed by atoms with van der Waals surface area (Å²) in [4.78, 5) is 23.7. The standard InChI is InChI=1S/C23H20ClN3O3S/c1-15-9-10-17(24)22-21(15)26-23(31-22)27(13-16-6-5-11-25-12-16)20(28)14-30-19-8-4-3-7-18(19)29-2/h3-12H,13-14H2,1-2H3. The number of pyridine rings is 1.